The topological polar surface area (TPSA) is 156 Å². The quantitative estimate of drug-likeness (QED) is 0.271. The van der Waals surface area contributed by atoms with Crippen molar-refractivity contribution in [2.75, 3.05) is 0 Å². The molecule has 0 aromatic heterocycles. The van der Waals surface area contributed by atoms with E-state index in [0.717, 1.165) is 0 Å². The molecule has 4 atom stereocenters. The summed E-state index contributed by atoms with van der Waals surface area (Å²) in [6, 6.07) is 0. The van der Waals surface area contributed by atoms with Crippen molar-refractivity contribution in [2.24, 2.45) is 0 Å². The first-order chi connectivity index (χ1) is 6.29. The summed E-state index contributed by atoms with van der Waals surface area (Å²) >= 11 is 0. The summed E-state index contributed by atoms with van der Waals surface area (Å²) in [5, 5.41) is 51.5. The number of rotatable bonds is 5. The normalized spacial score (nSPS) is 18.1. The van der Waals surface area contributed by atoms with Crippen LogP contribution in [0.3, 0.4) is 0 Å². The van der Waals surface area contributed by atoms with Crippen molar-refractivity contribution < 1.29 is 40.2 Å². The smallest absolute Gasteiger partial charge is 0.335 e. The van der Waals surface area contributed by atoms with Gasteiger partial charge in [0.2, 0.25) is 0 Å². The Morgan fingerprint density at radius 1 is 0.733 bits per heavy atom. The summed E-state index contributed by atoms with van der Waals surface area (Å²) in [6.07, 6.45) is -9.28. The molecule has 0 saturated heterocycles. The van der Waals surface area contributed by atoms with Crippen molar-refractivity contribution >= 4 is 49.7 Å². The molecular weight excluding hydrogens is 240 g/mol. The van der Waals surface area contributed by atoms with Gasteiger partial charge in [-0.15, -0.1) is 0 Å². The van der Waals surface area contributed by atoms with E-state index in [1.807, 2.05) is 0 Å². The number of aliphatic carboxylic acids is 2. The van der Waals surface area contributed by atoms with Crippen molar-refractivity contribution in [3.05, 3.63) is 0 Å². The monoisotopic (exact) mass is 250 g/mol. The number of hydrogen-bond acceptors (Lipinski definition) is 6. The van der Waals surface area contributed by atoms with Crippen molar-refractivity contribution in [1.82, 2.24) is 0 Å². The van der Waals surface area contributed by atoms with Gasteiger partial charge in [0.25, 0.3) is 0 Å². The molecule has 0 spiro atoms. The summed E-state index contributed by atoms with van der Waals surface area (Å²) in [7, 11) is 0. The van der Waals surface area contributed by atoms with E-state index in [1.165, 1.54) is 0 Å². The molecule has 15 heavy (non-hydrogen) atoms. The Labute approximate surface area is 114 Å². The van der Waals surface area contributed by atoms with Crippen molar-refractivity contribution in [2.45, 2.75) is 24.4 Å². The first-order valence-corrected chi connectivity index (χ1v) is 3.47. The van der Waals surface area contributed by atoms with E-state index in [1.54, 1.807) is 0 Å². The Morgan fingerprint density at radius 2 is 0.933 bits per heavy atom. The third-order valence-corrected chi connectivity index (χ3v) is 1.50. The molecule has 0 bridgehead atoms. The number of carboxylic acid groups (broad SMARTS) is 2. The van der Waals surface area contributed by atoms with Gasteiger partial charge in [-0.25, -0.2) is 9.59 Å². The third kappa shape index (κ3) is 5.07. The molecule has 8 nitrogen and oxygen atoms in total. The van der Waals surface area contributed by atoms with E-state index in [9.17, 15) is 9.59 Å². The number of carbonyl (C=O) groups is 2. The largest absolute Gasteiger partial charge is 0.479 e. The van der Waals surface area contributed by atoms with Gasteiger partial charge >= 0.3 is 11.9 Å². The van der Waals surface area contributed by atoms with E-state index in [2.05, 4.69) is 0 Å². The van der Waals surface area contributed by atoms with Gasteiger partial charge in [-0.1, -0.05) is 0 Å². The Hall–Kier alpha value is 0.0397. The maximum Gasteiger partial charge on any atom is 0.335 e. The standard InChI is InChI=1S/C6H10O8.Ca/c7-1(3(9)5(11)12)2(8)4(10)6(13)14;/h1-4,7-10H,(H,11,12)(H,13,14);. The summed E-state index contributed by atoms with van der Waals surface area (Å²) in [4.78, 5) is 20.2. The van der Waals surface area contributed by atoms with Crippen LogP contribution in [0, 0.1) is 0 Å². The van der Waals surface area contributed by atoms with Crippen LogP contribution in [-0.2, 0) is 9.59 Å². The summed E-state index contributed by atoms with van der Waals surface area (Å²) in [6.45, 7) is 0. The van der Waals surface area contributed by atoms with Crippen molar-refractivity contribution in [1.29, 1.82) is 0 Å². The van der Waals surface area contributed by atoms with E-state index in [0.29, 0.717) is 0 Å². The van der Waals surface area contributed by atoms with Gasteiger partial charge in [-0.3, -0.25) is 0 Å². The molecule has 0 aromatic rings. The van der Waals surface area contributed by atoms with Crippen LogP contribution in [0.4, 0.5) is 0 Å². The fourth-order valence-electron chi connectivity index (χ4n) is 0.666. The van der Waals surface area contributed by atoms with Gasteiger partial charge in [0.15, 0.2) is 12.2 Å². The molecule has 0 aromatic carbocycles. The van der Waals surface area contributed by atoms with Gasteiger partial charge in [-0.2, -0.15) is 0 Å². The number of aliphatic hydroxyl groups is 4. The molecule has 9 heteroatoms. The molecule has 0 aliphatic rings. The Balaban J connectivity index is 0. The molecule has 0 heterocycles. The summed E-state index contributed by atoms with van der Waals surface area (Å²) < 4.78 is 0. The first kappa shape index (κ1) is 17.4. The second-order valence-electron chi connectivity index (χ2n) is 2.55. The summed E-state index contributed by atoms with van der Waals surface area (Å²) in [5.74, 6) is -3.68. The minimum absolute atomic E-state index is 0. The minimum Gasteiger partial charge on any atom is -0.479 e. The Morgan fingerprint density at radius 3 is 1.07 bits per heavy atom. The molecule has 0 aliphatic carbocycles. The van der Waals surface area contributed by atoms with Crippen LogP contribution in [0.15, 0.2) is 0 Å². The number of hydrogen-bond donors (Lipinski definition) is 6. The van der Waals surface area contributed by atoms with E-state index in [4.69, 9.17) is 30.6 Å². The first-order valence-electron chi connectivity index (χ1n) is 3.47. The molecule has 4 unspecified atom stereocenters. The van der Waals surface area contributed by atoms with Crippen LogP contribution in [0.5, 0.6) is 0 Å². The van der Waals surface area contributed by atoms with E-state index < -0.39 is 36.4 Å². The maximum absolute atomic E-state index is 10.1. The molecular formula is C6H10CaO8. The Kier molecular flexibility index (Phi) is 8.53. The molecule has 0 rings (SSSR count). The molecule has 0 fully saturated rings. The Bertz CT molecular complexity index is 207. The van der Waals surface area contributed by atoms with Crippen LogP contribution in [0.1, 0.15) is 0 Å². The fraction of sp³-hybridized carbons (Fsp3) is 0.667. The second kappa shape index (κ2) is 7.34. The summed E-state index contributed by atoms with van der Waals surface area (Å²) in [5.41, 5.74) is 0. The molecule has 0 saturated carbocycles. The van der Waals surface area contributed by atoms with E-state index in [-0.39, 0.29) is 37.7 Å². The fourth-order valence-corrected chi connectivity index (χ4v) is 0.666. The van der Waals surface area contributed by atoms with Crippen LogP contribution >= 0.6 is 0 Å². The molecule has 2 radical (unpaired) electrons. The van der Waals surface area contributed by atoms with Gasteiger partial charge in [0.05, 0.1) is 0 Å². The molecule has 0 aliphatic heterocycles. The van der Waals surface area contributed by atoms with Gasteiger partial charge in [-0.05, 0) is 0 Å². The molecule has 84 valence electrons. The third-order valence-electron chi connectivity index (χ3n) is 1.50. The van der Waals surface area contributed by atoms with Crippen molar-refractivity contribution in [3.8, 4) is 0 Å². The predicted octanol–water partition coefficient (Wildman–Crippen LogP) is -3.78. The van der Waals surface area contributed by atoms with Crippen molar-refractivity contribution in [3.63, 3.8) is 0 Å². The molecule has 6 N–H and O–H groups in total. The minimum atomic E-state index is -2.36. The second-order valence-corrected chi connectivity index (χ2v) is 2.55. The number of aliphatic hydroxyl groups excluding tert-OH is 4. The molecule has 0 amide bonds. The van der Waals surface area contributed by atoms with Gasteiger partial charge < -0.3 is 30.6 Å². The zero-order valence-corrected chi connectivity index (χ0v) is 9.72. The average molecular weight is 250 g/mol. The van der Waals surface area contributed by atoms with Crippen LogP contribution in [0.2, 0.25) is 0 Å². The van der Waals surface area contributed by atoms with Gasteiger partial charge in [0.1, 0.15) is 12.2 Å². The van der Waals surface area contributed by atoms with Crippen LogP contribution in [0.25, 0.3) is 0 Å². The van der Waals surface area contributed by atoms with E-state index >= 15 is 0 Å². The zero-order valence-electron chi connectivity index (χ0n) is 7.52. The number of carboxylic acids is 2. The predicted molar refractivity (Wildman–Crippen MR) is 45.1 cm³/mol. The van der Waals surface area contributed by atoms with Crippen LogP contribution < -0.4 is 0 Å². The van der Waals surface area contributed by atoms with Gasteiger partial charge in [0, 0.05) is 37.7 Å². The maximum atomic E-state index is 10.1. The zero-order chi connectivity index (χ0) is 11.5. The SMILES string of the molecule is O=C(O)C(O)C(O)C(O)C(O)C(=O)O.[Ca]. The average Bonchev–Trinajstić information content (AvgIpc) is 2.12. The van der Waals surface area contributed by atoms with Crippen LogP contribution in [-0.4, -0.2) is 105 Å².